The quantitative estimate of drug-likeness (QED) is 0.512. The fraction of sp³-hybridized carbons (Fsp3) is 0. The molecule has 0 aromatic rings. The van der Waals surface area contributed by atoms with Gasteiger partial charge in [-0.2, -0.15) is 4.13 Å². The van der Waals surface area contributed by atoms with Crippen LogP contribution in [0.2, 0.25) is 0 Å². The van der Waals surface area contributed by atoms with Crippen molar-refractivity contribution in [1.82, 2.24) is 4.13 Å². The third-order valence-corrected chi connectivity index (χ3v) is 1.94. The van der Waals surface area contributed by atoms with Gasteiger partial charge in [-0.25, -0.2) is 0 Å². The number of hydrogen-bond donors (Lipinski definition) is 1. The van der Waals surface area contributed by atoms with Crippen LogP contribution in [0.4, 0.5) is 0 Å². The number of hydrogen-bond acceptors (Lipinski definition) is 5. The second-order valence-electron chi connectivity index (χ2n) is 0.497. The Balaban J connectivity index is 2.53. The molecule has 0 fully saturated rings. The lowest BCUT2D eigenvalue weighted by Gasteiger charge is -1.88. The first-order valence-corrected chi connectivity index (χ1v) is 3.42. The Hall–Kier alpha value is 0.480. The minimum Gasteiger partial charge on any atom is -0.166 e. The van der Waals surface area contributed by atoms with Crippen molar-refractivity contribution in [3.8, 4) is 0 Å². The Kier molecular flexibility index (Phi) is 2.02. The number of nitrogens with zero attached hydrogens (tertiary/aromatic N) is 2. The Morgan fingerprint density at radius 2 is 1.83 bits per heavy atom. The van der Waals surface area contributed by atoms with Gasteiger partial charge in [-0.3, -0.25) is 0 Å². The molecule has 1 rings (SSSR count). The first-order chi connectivity index (χ1) is 3.00. The first kappa shape index (κ1) is 4.63. The van der Waals surface area contributed by atoms with Crippen LogP contribution in [0, 0.1) is 0 Å². The second-order valence-corrected chi connectivity index (χ2v) is 2.88. The molecule has 6 heteroatoms. The van der Waals surface area contributed by atoms with Crippen molar-refractivity contribution in [1.29, 1.82) is 0 Å². The van der Waals surface area contributed by atoms with E-state index in [0.29, 0.717) is 0 Å². The number of rotatable bonds is 0. The van der Waals surface area contributed by atoms with E-state index in [2.05, 4.69) is 11.7 Å². The van der Waals surface area contributed by atoms with Gasteiger partial charge in [0, 0.05) is 0 Å². The minimum absolute atomic E-state index is 1.21. The van der Waals surface area contributed by atoms with Gasteiger partial charge >= 0.3 is 0 Å². The molecule has 0 amide bonds. The Morgan fingerprint density at radius 3 is 2.00 bits per heavy atom. The lowest BCUT2D eigenvalue weighted by Crippen LogP contribution is -1.83. The molecule has 0 unspecified atom stereocenters. The highest BCUT2D eigenvalue weighted by Crippen LogP contribution is 2.08. The van der Waals surface area contributed by atoms with Gasteiger partial charge in [-0.1, -0.05) is 0 Å². The van der Waals surface area contributed by atoms with E-state index in [4.69, 9.17) is 0 Å². The lowest BCUT2D eigenvalue weighted by atomic mass is 13.8. The van der Waals surface area contributed by atoms with Gasteiger partial charge in [0.2, 0.25) is 0 Å². The Bertz CT molecular complexity index is 82.2. The van der Waals surface area contributed by atoms with Gasteiger partial charge < -0.3 is 0 Å². The predicted octanol–water partition coefficient (Wildman–Crippen LogP) is 1.17. The summed E-state index contributed by atoms with van der Waals surface area (Å²) in [5, 5.41) is 0. The molecule has 0 bridgehead atoms. The molecule has 0 spiro atoms. The molecule has 0 aromatic heterocycles. The van der Waals surface area contributed by atoms with Crippen molar-refractivity contribution >= 4 is 35.6 Å². The number of nitrogens with one attached hydrogen (secondary N) is 1. The van der Waals surface area contributed by atoms with Crippen LogP contribution in [0.25, 0.3) is 0 Å². The zero-order valence-electron chi connectivity index (χ0n) is 2.62. The molecule has 0 aliphatic carbocycles. The smallest absolute Gasteiger partial charge is 0.0862 e. The van der Waals surface area contributed by atoms with Crippen molar-refractivity contribution in [2.75, 3.05) is 0 Å². The summed E-state index contributed by atoms with van der Waals surface area (Å²) in [6.07, 6.45) is 0. The van der Waals surface area contributed by atoms with E-state index in [1.807, 2.05) is 0 Å². The molecule has 1 aliphatic rings. The van der Waals surface area contributed by atoms with Crippen LogP contribution in [-0.2, 0) is 11.4 Å². The Labute approximate surface area is 47.7 Å². The zero-order chi connectivity index (χ0) is 4.24. The van der Waals surface area contributed by atoms with Crippen LogP contribution in [0.1, 0.15) is 0 Å². The monoisotopic (exact) mass is 139 g/mol. The van der Waals surface area contributed by atoms with E-state index in [-0.39, 0.29) is 0 Å². The van der Waals surface area contributed by atoms with Gasteiger partial charge in [0.15, 0.2) is 0 Å². The van der Waals surface area contributed by atoms with E-state index < -0.39 is 0 Å². The van der Waals surface area contributed by atoms with Crippen LogP contribution in [-0.4, -0.2) is 0 Å². The van der Waals surface area contributed by atoms with Crippen LogP contribution >= 0.6 is 24.3 Å². The van der Waals surface area contributed by atoms with Crippen molar-refractivity contribution in [2.45, 2.75) is 0 Å². The van der Waals surface area contributed by atoms with Gasteiger partial charge in [0.1, 0.15) is 0 Å². The topological polar surface area (TPSA) is 36.8 Å². The molecule has 1 N–H and O–H groups in total. The standard InChI is InChI=1S/HN3S3/c1-4-2-6-3-5-1/h1H. The molecular formula is HN3S3. The molecule has 0 aromatic carbocycles. The molecule has 3 nitrogen and oxygen atoms in total. The maximum Gasteiger partial charge on any atom is 0.0862 e. The largest absolute Gasteiger partial charge is 0.166 e. The van der Waals surface area contributed by atoms with E-state index in [1.54, 1.807) is 0 Å². The third kappa shape index (κ3) is 1.29. The zero-order valence-corrected chi connectivity index (χ0v) is 5.07. The Morgan fingerprint density at radius 1 is 1.17 bits per heavy atom. The SMILES string of the molecule is N1=S=NSNS1. The van der Waals surface area contributed by atoms with Crippen LogP contribution in [0.15, 0.2) is 7.54 Å². The molecule has 0 radical (unpaired) electrons. The fourth-order valence-electron chi connectivity index (χ4n) is 0.0940. The summed E-state index contributed by atoms with van der Waals surface area (Å²) in [6, 6.07) is 0. The highest BCUT2D eigenvalue weighted by atomic mass is 32.3. The molecule has 6 heavy (non-hydrogen) atoms. The van der Waals surface area contributed by atoms with Crippen LogP contribution in [0.3, 0.4) is 0 Å². The highest BCUT2D eigenvalue weighted by Gasteiger charge is 1.83. The van der Waals surface area contributed by atoms with Gasteiger partial charge in [-0.15, -0.1) is 7.54 Å². The molecule has 0 saturated carbocycles. The van der Waals surface area contributed by atoms with Crippen molar-refractivity contribution in [2.24, 2.45) is 7.54 Å². The molecular weight excluding hydrogens is 138 g/mol. The van der Waals surface area contributed by atoms with E-state index in [9.17, 15) is 0 Å². The molecule has 1 aliphatic heterocycles. The average molecular weight is 139 g/mol. The van der Waals surface area contributed by atoms with Crippen molar-refractivity contribution in [3.63, 3.8) is 0 Å². The summed E-state index contributed by atoms with van der Waals surface area (Å²) in [4.78, 5) is 0. The summed E-state index contributed by atoms with van der Waals surface area (Å²) >= 11 is 3.81. The fourth-order valence-corrected chi connectivity index (χ4v) is 1.64. The molecule has 0 saturated heterocycles. The van der Waals surface area contributed by atoms with Gasteiger partial charge in [0.05, 0.1) is 35.6 Å². The molecule has 34 valence electrons. The third-order valence-electron chi connectivity index (χ3n) is 0.216. The minimum atomic E-state index is 1.21. The normalized spacial score (nSPS) is 20.0. The molecule has 1 heterocycles. The summed E-state index contributed by atoms with van der Waals surface area (Å²) in [5.74, 6) is 0. The lowest BCUT2D eigenvalue weighted by molar-refractivity contribution is 1.69. The van der Waals surface area contributed by atoms with E-state index in [0.717, 1.165) is 0 Å². The van der Waals surface area contributed by atoms with Gasteiger partial charge in [0.25, 0.3) is 0 Å². The van der Waals surface area contributed by atoms with E-state index >= 15 is 0 Å². The summed E-state index contributed by atoms with van der Waals surface area (Å²) in [7, 11) is 0. The summed E-state index contributed by atoms with van der Waals surface area (Å²) in [6.45, 7) is 0. The second kappa shape index (κ2) is 2.62. The van der Waals surface area contributed by atoms with Crippen LogP contribution < -0.4 is 4.13 Å². The average Bonchev–Trinajstić information content (AvgIpc) is 1.72. The van der Waals surface area contributed by atoms with Crippen LogP contribution in [0.5, 0.6) is 0 Å². The van der Waals surface area contributed by atoms with Crippen molar-refractivity contribution in [3.05, 3.63) is 0 Å². The summed E-state index contributed by atoms with van der Waals surface area (Å²) in [5.41, 5.74) is 0. The maximum absolute atomic E-state index is 3.71. The maximum atomic E-state index is 3.71. The molecule has 0 atom stereocenters. The highest BCUT2D eigenvalue weighted by molar-refractivity contribution is 8.15. The van der Waals surface area contributed by atoms with Gasteiger partial charge in [-0.05, 0) is 0 Å². The first-order valence-electron chi connectivity index (χ1n) is 1.14. The van der Waals surface area contributed by atoms with Crippen molar-refractivity contribution < 1.29 is 0 Å². The summed E-state index contributed by atoms with van der Waals surface area (Å²) < 4.78 is 10.2. The van der Waals surface area contributed by atoms with E-state index in [1.165, 1.54) is 35.6 Å². The predicted molar refractivity (Wildman–Crippen MR) is 30.5 cm³/mol.